The Hall–Kier alpha value is -2.32. The van der Waals surface area contributed by atoms with Crippen molar-refractivity contribution in [3.8, 4) is 11.3 Å². The first kappa shape index (κ1) is 18.5. The summed E-state index contributed by atoms with van der Waals surface area (Å²) in [5.41, 5.74) is 1.69. The van der Waals surface area contributed by atoms with Gasteiger partial charge in [0.15, 0.2) is 0 Å². The minimum Gasteiger partial charge on any atom is -0.480 e. The summed E-state index contributed by atoms with van der Waals surface area (Å²) >= 11 is 1.50. The molecule has 1 saturated heterocycles. The van der Waals surface area contributed by atoms with Crippen LogP contribution in [0.4, 0.5) is 0 Å². The predicted octanol–water partition coefficient (Wildman–Crippen LogP) is 2.27. The summed E-state index contributed by atoms with van der Waals surface area (Å²) in [4.78, 5) is 24.0. The van der Waals surface area contributed by atoms with E-state index in [0.29, 0.717) is 23.6 Å². The quantitative estimate of drug-likeness (QED) is 0.736. The highest BCUT2D eigenvalue weighted by Crippen LogP contribution is 2.37. The number of carboxylic acid groups (broad SMARTS) is 1. The van der Waals surface area contributed by atoms with Crippen LogP contribution in [0.3, 0.4) is 0 Å². The molecule has 0 radical (unpaired) electrons. The van der Waals surface area contributed by atoms with Crippen LogP contribution in [0.15, 0.2) is 34.9 Å². The number of nitrogens with zero attached hydrogens (tertiary/aromatic N) is 1. The van der Waals surface area contributed by atoms with Crippen LogP contribution in [0.5, 0.6) is 0 Å². The first-order valence-electron chi connectivity index (χ1n) is 8.26. The summed E-state index contributed by atoms with van der Waals surface area (Å²) in [6.07, 6.45) is 0. The fourth-order valence-electron chi connectivity index (χ4n) is 3.03. The lowest BCUT2D eigenvalue weighted by molar-refractivity contribution is -0.139. The monoisotopic (exact) mass is 375 g/mol. The largest absolute Gasteiger partial charge is 0.480 e. The normalized spacial score (nSPS) is 21.5. The Morgan fingerprint density at radius 3 is 2.65 bits per heavy atom. The highest BCUT2D eigenvalue weighted by molar-refractivity contribution is 8.01. The molecule has 138 valence electrons. The van der Waals surface area contributed by atoms with Gasteiger partial charge in [-0.1, -0.05) is 35.5 Å². The van der Waals surface area contributed by atoms with Crippen LogP contribution in [-0.4, -0.2) is 44.8 Å². The Bertz CT molecular complexity index is 819. The van der Waals surface area contributed by atoms with E-state index >= 15 is 0 Å². The summed E-state index contributed by atoms with van der Waals surface area (Å²) in [5, 5.41) is 19.0. The van der Waals surface area contributed by atoms with Gasteiger partial charge in [0.05, 0.1) is 5.37 Å². The molecule has 1 aliphatic rings. The average molecular weight is 375 g/mol. The summed E-state index contributed by atoms with van der Waals surface area (Å²) in [6.45, 7) is 5.75. The smallest absolute Gasteiger partial charge is 0.322 e. The molecule has 7 nitrogen and oxygen atoms in total. The minimum absolute atomic E-state index is 0.185. The van der Waals surface area contributed by atoms with Crippen LogP contribution >= 0.6 is 11.8 Å². The lowest BCUT2D eigenvalue weighted by Gasteiger charge is -2.20. The van der Waals surface area contributed by atoms with Crippen molar-refractivity contribution in [1.82, 2.24) is 15.8 Å². The fraction of sp³-hybridized carbons (Fsp3) is 0.389. The third-order valence-electron chi connectivity index (χ3n) is 4.33. The van der Waals surface area contributed by atoms with E-state index in [1.54, 1.807) is 6.92 Å². The van der Waals surface area contributed by atoms with Crippen LogP contribution in [-0.2, 0) is 4.79 Å². The highest BCUT2D eigenvalue weighted by atomic mass is 32.2. The van der Waals surface area contributed by atoms with E-state index in [9.17, 15) is 14.7 Å². The van der Waals surface area contributed by atoms with Gasteiger partial charge < -0.3 is 14.9 Å². The van der Waals surface area contributed by atoms with Gasteiger partial charge in [-0.25, -0.2) is 0 Å². The third-order valence-corrected chi connectivity index (χ3v) is 5.76. The maximum atomic E-state index is 12.7. The molecule has 1 aromatic heterocycles. The molecule has 1 aliphatic heterocycles. The van der Waals surface area contributed by atoms with E-state index in [0.717, 1.165) is 5.56 Å². The second-order valence-electron chi connectivity index (χ2n) is 6.69. The molecule has 3 N–H and O–H groups in total. The molecule has 3 rings (SSSR count). The van der Waals surface area contributed by atoms with Crippen LogP contribution in [0, 0.1) is 6.92 Å². The number of aliphatic carboxylic acids is 1. The zero-order valence-electron chi connectivity index (χ0n) is 14.8. The molecule has 1 amide bonds. The van der Waals surface area contributed by atoms with Crippen LogP contribution in [0.1, 0.15) is 30.0 Å². The van der Waals surface area contributed by atoms with Crippen LogP contribution < -0.4 is 10.6 Å². The van der Waals surface area contributed by atoms with E-state index < -0.39 is 16.8 Å². The van der Waals surface area contributed by atoms with E-state index in [2.05, 4.69) is 15.8 Å². The molecule has 0 spiro atoms. The number of aryl methyl sites for hydroxylation is 1. The summed E-state index contributed by atoms with van der Waals surface area (Å²) < 4.78 is 4.76. The lowest BCUT2D eigenvalue weighted by atomic mass is 10.0. The molecule has 1 unspecified atom stereocenters. The number of thioether (sulfide) groups is 1. The number of rotatable bonds is 5. The Labute approximate surface area is 155 Å². The minimum atomic E-state index is -0.891. The van der Waals surface area contributed by atoms with E-state index in [1.165, 1.54) is 11.8 Å². The van der Waals surface area contributed by atoms with Crippen molar-refractivity contribution in [1.29, 1.82) is 0 Å². The number of carbonyl (C=O) groups excluding carboxylic acids is 1. The molecule has 1 fully saturated rings. The van der Waals surface area contributed by atoms with Crippen molar-refractivity contribution in [2.24, 2.45) is 0 Å². The van der Waals surface area contributed by atoms with Crippen molar-refractivity contribution >= 4 is 23.6 Å². The Kier molecular flexibility index (Phi) is 5.06. The maximum Gasteiger partial charge on any atom is 0.322 e. The van der Waals surface area contributed by atoms with Crippen LogP contribution in [0.2, 0.25) is 0 Å². The third kappa shape index (κ3) is 3.61. The van der Waals surface area contributed by atoms with Gasteiger partial charge in [-0.15, -0.1) is 11.8 Å². The number of carboxylic acids is 1. The van der Waals surface area contributed by atoms with Crippen molar-refractivity contribution < 1.29 is 19.2 Å². The molecule has 0 saturated carbocycles. The van der Waals surface area contributed by atoms with E-state index in [1.807, 2.05) is 44.2 Å². The molecule has 0 aliphatic carbocycles. The van der Waals surface area contributed by atoms with Crippen LogP contribution in [0.25, 0.3) is 11.3 Å². The molecule has 26 heavy (non-hydrogen) atoms. The second kappa shape index (κ2) is 7.13. The Morgan fingerprint density at radius 1 is 1.35 bits per heavy atom. The molecular weight excluding hydrogens is 354 g/mol. The summed E-state index contributed by atoms with van der Waals surface area (Å²) in [6, 6.07) is 8.69. The van der Waals surface area contributed by atoms with Gasteiger partial charge in [-0.2, -0.15) is 0 Å². The van der Waals surface area contributed by atoms with Gasteiger partial charge in [0, 0.05) is 16.9 Å². The number of aromatic nitrogens is 1. The second-order valence-corrected chi connectivity index (χ2v) is 8.54. The first-order chi connectivity index (χ1) is 12.3. The van der Waals surface area contributed by atoms with Crippen molar-refractivity contribution in [3.63, 3.8) is 0 Å². The zero-order valence-corrected chi connectivity index (χ0v) is 15.6. The Balaban J connectivity index is 1.71. The molecule has 1 aromatic carbocycles. The number of carbonyl (C=O) groups is 2. The average Bonchev–Trinajstić information content (AvgIpc) is 3.13. The lowest BCUT2D eigenvalue weighted by Crippen LogP contribution is -2.46. The molecule has 2 aromatic rings. The molecular formula is C18H21N3O4S. The predicted molar refractivity (Wildman–Crippen MR) is 99.0 cm³/mol. The zero-order chi connectivity index (χ0) is 18.9. The fourth-order valence-corrected chi connectivity index (χ4v) is 4.44. The summed E-state index contributed by atoms with van der Waals surface area (Å²) in [7, 11) is 0. The van der Waals surface area contributed by atoms with Crippen molar-refractivity contribution in [3.05, 3.63) is 41.7 Å². The number of hydrogen-bond acceptors (Lipinski definition) is 6. The first-order valence-corrected chi connectivity index (χ1v) is 9.14. The highest BCUT2D eigenvalue weighted by Gasteiger charge is 2.45. The Morgan fingerprint density at radius 2 is 2.04 bits per heavy atom. The maximum absolute atomic E-state index is 12.7. The van der Waals surface area contributed by atoms with Crippen molar-refractivity contribution in [2.75, 3.05) is 6.54 Å². The SMILES string of the molecule is Cc1onc(-c2ccccc2)c1C(=O)NCC1N[C@@H](C(=O)O)C(C)(C)S1. The van der Waals surface area contributed by atoms with E-state index in [-0.39, 0.29) is 11.3 Å². The number of hydrogen-bond donors (Lipinski definition) is 3. The van der Waals surface area contributed by atoms with Gasteiger partial charge in [0.2, 0.25) is 0 Å². The van der Waals surface area contributed by atoms with Gasteiger partial charge in [0.1, 0.15) is 23.1 Å². The van der Waals surface area contributed by atoms with Gasteiger partial charge in [-0.3, -0.25) is 14.9 Å². The number of nitrogens with one attached hydrogen (secondary N) is 2. The number of benzene rings is 1. The molecule has 8 heteroatoms. The molecule has 2 heterocycles. The molecule has 0 bridgehead atoms. The topological polar surface area (TPSA) is 104 Å². The standard InChI is InChI=1S/C18H21N3O4S/c1-10-13(14(21-25-10)11-7-5-4-6-8-11)16(22)19-9-12-20-15(17(23)24)18(2,3)26-12/h4-8,12,15,20H,9H2,1-3H3,(H,19,22)(H,23,24)/t12?,15-/m0/s1. The van der Waals surface area contributed by atoms with Gasteiger partial charge >= 0.3 is 5.97 Å². The van der Waals surface area contributed by atoms with Gasteiger partial charge in [0.25, 0.3) is 5.91 Å². The number of amides is 1. The van der Waals surface area contributed by atoms with Crippen molar-refractivity contribution in [2.45, 2.75) is 36.9 Å². The van der Waals surface area contributed by atoms with E-state index in [4.69, 9.17) is 4.52 Å². The summed E-state index contributed by atoms with van der Waals surface area (Å²) in [5.74, 6) is -0.740. The molecule has 2 atom stereocenters. The van der Waals surface area contributed by atoms with Gasteiger partial charge in [-0.05, 0) is 20.8 Å².